The number of aliphatic hydroxyl groups is 1. The molecule has 0 bridgehead atoms. The predicted molar refractivity (Wildman–Crippen MR) is 131 cm³/mol. The van der Waals surface area contributed by atoms with E-state index >= 15 is 0 Å². The van der Waals surface area contributed by atoms with Gasteiger partial charge < -0.3 is 19.0 Å². The van der Waals surface area contributed by atoms with E-state index in [4.69, 9.17) is 13.9 Å². The Morgan fingerprint density at radius 3 is 2.34 bits per heavy atom. The number of hydrogen-bond acceptors (Lipinski definition) is 4. The first-order valence-electron chi connectivity index (χ1n) is 13.1. The van der Waals surface area contributed by atoms with Crippen LogP contribution in [-0.2, 0) is 13.9 Å². The second-order valence-electron chi connectivity index (χ2n) is 12.8. The summed E-state index contributed by atoms with van der Waals surface area (Å²) in [5.41, 5.74) is -0.0667. The van der Waals surface area contributed by atoms with Crippen molar-refractivity contribution in [1.82, 2.24) is 0 Å². The van der Waals surface area contributed by atoms with Gasteiger partial charge in [-0.15, -0.1) is 0 Å². The fourth-order valence-electron chi connectivity index (χ4n) is 6.97. The van der Waals surface area contributed by atoms with Gasteiger partial charge in [0.15, 0.2) is 14.1 Å². The van der Waals surface area contributed by atoms with E-state index in [0.29, 0.717) is 19.1 Å². The van der Waals surface area contributed by atoms with E-state index in [9.17, 15) is 5.11 Å². The van der Waals surface area contributed by atoms with Crippen LogP contribution in [0.25, 0.3) is 0 Å². The smallest absolute Gasteiger partial charge is 0.193 e. The minimum Gasteiger partial charge on any atom is -0.403 e. The summed E-state index contributed by atoms with van der Waals surface area (Å²) in [4.78, 5) is 0. The molecule has 4 fully saturated rings. The van der Waals surface area contributed by atoms with Crippen LogP contribution in [0.4, 0.5) is 0 Å². The molecule has 1 spiro atoms. The van der Waals surface area contributed by atoms with Gasteiger partial charge in [0.25, 0.3) is 0 Å². The van der Waals surface area contributed by atoms with Crippen molar-refractivity contribution in [1.29, 1.82) is 0 Å². The van der Waals surface area contributed by atoms with Crippen molar-refractivity contribution < 1.29 is 19.0 Å². The lowest BCUT2D eigenvalue weighted by Gasteiger charge is -2.68. The molecule has 1 heterocycles. The summed E-state index contributed by atoms with van der Waals surface area (Å²) in [5, 5.41) is 11.2. The molecule has 3 saturated carbocycles. The summed E-state index contributed by atoms with van der Waals surface area (Å²) < 4.78 is 19.2. The third kappa shape index (κ3) is 4.03. The van der Waals surface area contributed by atoms with Crippen LogP contribution >= 0.6 is 0 Å². The maximum Gasteiger partial charge on any atom is 0.193 e. The van der Waals surface area contributed by atoms with Crippen LogP contribution in [0.1, 0.15) is 79.6 Å². The number of fused-ring (bicyclic) bond motifs is 2. The number of hydrogen-bond donors (Lipinski definition) is 1. The highest BCUT2D eigenvalue weighted by Crippen LogP contribution is 2.69. The van der Waals surface area contributed by atoms with E-state index in [1.807, 2.05) is 0 Å². The van der Waals surface area contributed by atoms with Crippen LogP contribution in [0.5, 0.6) is 0 Å². The maximum atomic E-state index is 11.0. The molecule has 32 heavy (non-hydrogen) atoms. The topological polar surface area (TPSA) is 47.9 Å². The molecule has 1 aliphatic heterocycles. The molecule has 4 rings (SSSR count). The molecule has 4 nitrogen and oxygen atoms in total. The van der Waals surface area contributed by atoms with Gasteiger partial charge in [-0.1, -0.05) is 72.1 Å². The SMILES string of the molecule is CC1[C@@H]2[C@@H](C#C[C@H](CC3CCCC3)O[Si](C)(C)C(C)(C)C)[C@H](O)CC[C@]2(C)C12OCCO2. The number of rotatable bonds is 4. The van der Waals surface area contributed by atoms with Crippen LogP contribution in [0, 0.1) is 40.9 Å². The summed E-state index contributed by atoms with van der Waals surface area (Å²) in [6, 6.07) is 0. The van der Waals surface area contributed by atoms with E-state index in [1.165, 1.54) is 25.7 Å². The van der Waals surface area contributed by atoms with Gasteiger partial charge in [0.05, 0.1) is 25.2 Å². The van der Waals surface area contributed by atoms with Gasteiger partial charge in [0.1, 0.15) is 6.10 Å². The minimum absolute atomic E-state index is 0.0253. The van der Waals surface area contributed by atoms with Crippen molar-refractivity contribution in [2.24, 2.45) is 29.1 Å². The molecule has 4 aliphatic rings. The maximum absolute atomic E-state index is 11.0. The molecule has 1 saturated heterocycles. The van der Waals surface area contributed by atoms with Crippen LogP contribution in [0.2, 0.25) is 18.1 Å². The van der Waals surface area contributed by atoms with E-state index in [2.05, 4.69) is 59.6 Å². The molecule has 0 amide bonds. The van der Waals surface area contributed by atoms with Gasteiger partial charge in [-0.25, -0.2) is 0 Å². The summed E-state index contributed by atoms with van der Waals surface area (Å²) >= 11 is 0. The monoisotopic (exact) mass is 462 g/mol. The van der Waals surface area contributed by atoms with E-state index in [-0.39, 0.29) is 34.5 Å². The Kier molecular flexibility index (Phi) is 6.71. The Labute approximate surface area is 197 Å². The van der Waals surface area contributed by atoms with E-state index < -0.39 is 14.1 Å². The molecule has 182 valence electrons. The third-order valence-corrected chi connectivity index (χ3v) is 14.3. The molecule has 5 heteroatoms. The average molecular weight is 463 g/mol. The highest BCUT2D eigenvalue weighted by Gasteiger charge is 2.74. The molecular weight excluding hydrogens is 416 g/mol. The normalized spacial score (nSPS) is 38.1. The molecule has 0 radical (unpaired) electrons. The van der Waals surface area contributed by atoms with Gasteiger partial charge >= 0.3 is 0 Å². The summed E-state index contributed by atoms with van der Waals surface area (Å²) in [7, 11) is -1.92. The zero-order chi connectivity index (χ0) is 23.4. The quantitative estimate of drug-likeness (QED) is 0.427. The second-order valence-corrected chi connectivity index (χ2v) is 17.5. The Bertz CT molecular complexity index is 735. The Morgan fingerprint density at radius 1 is 1.12 bits per heavy atom. The first-order chi connectivity index (χ1) is 14.9. The Morgan fingerprint density at radius 2 is 1.75 bits per heavy atom. The van der Waals surface area contributed by atoms with Crippen LogP contribution in [-0.4, -0.2) is 44.6 Å². The van der Waals surface area contributed by atoms with Gasteiger partial charge in [0, 0.05) is 11.3 Å². The predicted octanol–water partition coefficient (Wildman–Crippen LogP) is 5.75. The van der Waals surface area contributed by atoms with Gasteiger partial charge in [0.2, 0.25) is 0 Å². The van der Waals surface area contributed by atoms with Gasteiger partial charge in [-0.05, 0) is 49.2 Å². The van der Waals surface area contributed by atoms with Gasteiger partial charge in [-0.2, -0.15) is 0 Å². The molecule has 0 aromatic carbocycles. The lowest BCUT2D eigenvalue weighted by atomic mass is 9.42. The molecule has 3 aliphatic carbocycles. The zero-order valence-electron chi connectivity index (χ0n) is 21.5. The lowest BCUT2D eigenvalue weighted by Crippen LogP contribution is -2.73. The standard InChI is InChI=1S/C27H46O4Si/c1-19-24-22(23(28)14-15-26(24,5)27(19)29-16-17-30-27)13-12-21(18-20-10-8-9-11-20)31-32(6,7)25(2,3)4/h19-24,28H,8-11,14-18H2,1-7H3/t19?,21-,22+,23-,24-,26+/m1/s1. The number of ether oxygens (including phenoxy) is 2. The molecule has 1 unspecified atom stereocenters. The van der Waals surface area contributed by atoms with Gasteiger partial charge in [-0.3, -0.25) is 0 Å². The van der Waals surface area contributed by atoms with Crippen molar-refractivity contribution in [2.75, 3.05) is 13.2 Å². The fraction of sp³-hybridized carbons (Fsp3) is 0.926. The minimum atomic E-state index is -1.92. The molecular formula is C27H46O4Si. The van der Waals surface area contributed by atoms with Crippen molar-refractivity contribution in [3.63, 3.8) is 0 Å². The Hall–Kier alpha value is -0.383. The van der Waals surface area contributed by atoms with E-state index in [0.717, 1.165) is 25.2 Å². The van der Waals surface area contributed by atoms with Crippen molar-refractivity contribution in [2.45, 2.75) is 116 Å². The molecule has 1 N–H and O–H groups in total. The Balaban J connectivity index is 1.56. The van der Waals surface area contributed by atoms with Crippen molar-refractivity contribution in [3.8, 4) is 11.8 Å². The summed E-state index contributed by atoms with van der Waals surface area (Å²) in [6.45, 7) is 17.4. The van der Waals surface area contributed by atoms with E-state index in [1.54, 1.807) is 0 Å². The molecule has 0 aromatic heterocycles. The zero-order valence-corrected chi connectivity index (χ0v) is 22.5. The van der Waals surface area contributed by atoms with Crippen LogP contribution < -0.4 is 0 Å². The van der Waals surface area contributed by atoms with Crippen LogP contribution in [0.15, 0.2) is 0 Å². The second kappa shape index (κ2) is 8.68. The molecule has 6 atom stereocenters. The molecule has 0 aromatic rings. The fourth-order valence-corrected chi connectivity index (χ4v) is 8.19. The summed E-state index contributed by atoms with van der Waals surface area (Å²) in [6.07, 6.45) is 7.63. The van der Waals surface area contributed by atoms with Crippen LogP contribution in [0.3, 0.4) is 0 Å². The third-order valence-electron chi connectivity index (χ3n) is 9.82. The van der Waals surface area contributed by atoms with Crippen molar-refractivity contribution >= 4 is 8.32 Å². The lowest BCUT2D eigenvalue weighted by molar-refractivity contribution is -0.380. The highest BCUT2D eigenvalue weighted by molar-refractivity contribution is 6.74. The largest absolute Gasteiger partial charge is 0.403 e. The summed E-state index contributed by atoms with van der Waals surface area (Å²) in [5.74, 6) is 7.97. The highest BCUT2D eigenvalue weighted by atomic mass is 28.4. The first-order valence-corrected chi connectivity index (χ1v) is 16.0. The average Bonchev–Trinajstić information content (AvgIpc) is 3.40. The number of aliphatic hydroxyl groups excluding tert-OH is 1. The first kappa shape index (κ1) is 24.7. The van der Waals surface area contributed by atoms with Crippen molar-refractivity contribution in [3.05, 3.63) is 0 Å².